The van der Waals surface area contributed by atoms with Gasteiger partial charge in [-0.2, -0.15) is 0 Å². The highest BCUT2D eigenvalue weighted by molar-refractivity contribution is 9.10. The maximum absolute atomic E-state index is 11.9. The predicted molar refractivity (Wildman–Crippen MR) is 83.6 cm³/mol. The van der Waals surface area contributed by atoms with E-state index in [-0.39, 0.29) is 5.97 Å². The molecule has 0 saturated carbocycles. The van der Waals surface area contributed by atoms with Gasteiger partial charge >= 0.3 is 5.97 Å². The van der Waals surface area contributed by atoms with Crippen LogP contribution in [0.15, 0.2) is 33.6 Å². The SMILES string of the molecule is CCCNC(C)(CSc1ccccc1Br)C(=O)OC. The molecule has 0 spiro atoms. The lowest BCUT2D eigenvalue weighted by molar-refractivity contribution is -0.146. The van der Waals surface area contributed by atoms with E-state index < -0.39 is 5.54 Å². The van der Waals surface area contributed by atoms with Crippen molar-refractivity contribution in [1.29, 1.82) is 0 Å². The number of thioether (sulfide) groups is 1. The van der Waals surface area contributed by atoms with Crippen LogP contribution in [0.5, 0.6) is 0 Å². The highest BCUT2D eigenvalue weighted by atomic mass is 79.9. The lowest BCUT2D eigenvalue weighted by atomic mass is 10.1. The van der Waals surface area contributed by atoms with Crippen molar-refractivity contribution in [3.05, 3.63) is 28.7 Å². The fourth-order valence-electron chi connectivity index (χ4n) is 1.59. The molecule has 1 aromatic carbocycles. The Kier molecular flexibility index (Phi) is 6.89. The monoisotopic (exact) mass is 345 g/mol. The van der Waals surface area contributed by atoms with Gasteiger partial charge in [-0.1, -0.05) is 19.1 Å². The van der Waals surface area contributed by atoms with E-state index in [9.17, 15) is 4.79 Å². The zero-order valence-corrected chi connectivity index (χ0v) is 13.9. The lowest BCUT2D eigenvalue weighted by Crippen LogP contribution is -2.52. The third kappa shape index (κ3) is 4.82. The van der Waals surface area contributed by atoms with Gasteiger partial charge in [-0.3, -0.25) is 4.79 Å². The van der Waals surface area contributed by atoms with Crippen LogP contribution in [0.4, 0.5) is 0 Å². The number of benzene rings is 1. The first-order valence-electron chi connectivity index (χ1n) is 6.24. The highest BCUT2D eigenvalue weighted by Crippen LogP contribution is 2.29. The van der Waals surface area contributed by atoms with Crippen LogP contribution in [-0.2, 0) is 9.53 Å². The zero-order chi connectivity index (χ0) is 14.3. The topological polar surface area (TPSA) is 38.3 Å². The molecule has 0 saturated heterocycles. The van der Waals surface area contributed by atoms with E-state index >= 15 is 0 Å². The Morgan fingerprint density at radius 3 is 2.74 bits per heavy atom. The van der Waals surface area contributed by atoms with Gasteiger partial charge in [0.25, 0.3) is 0 Å². The van der Waals surface area contributed by atoms with E-state index in [0.717, 1.165) is 22.3 Å². The molecule has 1 aromatic rings. The molecule has 1 atom stereocenters. The Labute approximate surface area is 127 Å². The molecule has 0 bridgehead atoms. The average Bonchev–Trinajstić information content (AvgIpc) is 2.43. The molecule has 0 aromatic heterocycles. The van der Waals surface area contributed by atoms with Crippen LogP contribution in [0, 0.1) is 0 Å². The minimum Gasteiger partial charge on any atom is -0.468 e. The van der Waals surface area contributed by atoms with Crippen LogP contribution in [0.1, 0.15) is 20.3 Å². The molecule has 5 heteroatoms. The summed E-state index contributed by atoms with van der Waals surface area (Å²) in [6, 6.07) is 7.99. The molecule has 0 amide bonds. The van der Waals surface area contributed by atoms with Crippen LogP contribution in [0.25, 0.3) is 0 Å². The third-order valence-corrected chi connectivity index (χ3v) is 5.10. The fourth-order valence-corrected chi connectivity index (χ4v) is 3.27. The number of halogens is 1. The van der Waals surface area contributed by atoms with E-state index in [4.69, 9.17) is 4.74 Å². The number of esters is 1. The Balaban J connectivity index is 2.73. The minimum absolute atomic E-state index is 0.222. The molecule has 0 aliphatic carbocycles. The Bertz CT molecular complexity index is 428. The summed E-state index contributed by atoms with van der Waals surface area (Å²) in [5.74, 6) is 0.406. The van der Waals surface area contributed by atoms with Gasteiger partial charge in [0.15, 0.2) is 0 Å². The van der Waals surface area contributed by atoms with Crippen LogP contribution in [-0.4, -0.2) is 30.9 Å². The van der Waals surface area contributed by atoms with Crippen molar-refractivity contribution in [1.82, 2.24) is 5.32 Å². The number of ether oxygens (including phenoxy) is 1. The molecule has 0 radical (unpaired) electrons. The minimum atomic E-state index is -0.662. The van der Waals surface area contributed by atoms with Crippen molar-refractivity contribution in [2.75, 3.05) is 19.4 Å². The van der Waals surface area contributed by atoms with E-state index in [1.54, 1.807) is 11.8 Å². The molecule has 0 aliphatic heterocycles. The highest BCUT2D eigenvalue weighted by Gasteiger charge is 2.33. The standard InChI is InChI=1S/C14H20BrNO2S/c1-4-9-16-14(2,13(17)18-3)10-19-12-8-6-5-7-11(12)15/h5-8,16H,4,9-10H2,1-3H3. The normalized spacial score (nSPS) is 13.9. The Morgan fingerprint density at radius 1 is 1.47 bits per heavy atom. The molecule has 0 aliphatic rings. The Morgan fingerprint density at radius 2 is 2.16 bits per heavy atom. The van der Waals surface area contributed by atoms with E-state index in [2.05, 4.69) is 28.2 Å². The third-order valence-electron chi connectivity index (χ3n) is 2.75. The summed E-state index contributed by atoms with van der Waals surface area (Å²) in [6.45, 7) is 4.76. The van der Waals surface area contributed by atoms with Gasteiger partial charge in [0.05, 0.1) is 7.11 Å². The summed E-state index contributed by atoms with van der Waals surface area (Å²) in [7, 11) is 1.43. The number of rotatable bonds is 7. The molecular weight excluding hydrogens is 326 g/mol. The van der Waals surface area contributed by atoms with Gasteiger partial charge in [-0.05, 0) is 48.0 Å². The molecule has 0 fully saturated rings. The van der Waals surface area contributed by atoms with E-state index in [1.807, 2.05) is 31.2 Å². The van der Waals surface area contributed by atoms with Crippen molar-refractivity contribution in [3.8, 4) is 0 Å². The maximum Gasteiger partial charge on any atom is 0.326 e. The first kappa shape index (κ1) is 16.5. The smallest absolute Gasteiger partial charge is 0.326 e. The first-order chi connectivity index (χ1) is 9.03. The van der Waals surface area contributed by atoms with Crippen molar-refractivity contribution in [2.24, 2.45) is 0 Å². The largest absolute Gasteiger partial charge is 0.468 e. The number of hydrogen-bond donors (Lipinski definition) is 1. The predicted octanol–water partition coefficient (Wildman–Crippen LogP) is 3.47. The molecule has 1 N–H and O–H groups in total. The van der Waals surface area contributed by atoms with E-state index in [1.165, 1.54) is 7.11 Å². The van der Waals surface area contributed by atoms with Crippen LogP contribution in [0.2, 0.25) is 0 Å². The maximum atomic E-state index is 11.9. The number of carbonyl (C=O) groups excluding carboxylic acids is 1. The van der Waals surface area contributed by atoms with Crippen LogP contribution in [0.3, 0.4) is 0 Å². The fraction of sp³-hybridized carbons (Fsp3) is 0.500. The lowest BCUT2D eigenvalue weighted by Gasteiger charge is -2.27. The number of methoxy groups -OCH3 is 1. The average molecular weight is 346 g/mol. The van der Waals surface area contributed by atoms with Crippen LogP contribution < -0.4 is 5.32 Å². The first-order valence-corrected chi connectivity index (χ1v) is 8.02. The van der Waals surface area contributed by atoms with E-state index in [0.29, 0.717) is 5.75 Å². The second-order valence-corrected chi connectivity index (χ2v) is 6.34. The molecule has 106 valence electrons. The van der Waals surface area contributed by atoms with Gasteiger partial charge < -0.3 is 10.1 Å². The zero-order valence-electron chi connectivity index (χ0n) is 11.5. The number of hydrogen-bond acceptors (Lipinski definition) is 4. The quantitative estimate of drug-likeness (QED) is 0.606. The van der Waals surface area contributed by atoms with Crippen molar-refractivity contribution < 1.29 is 9.53 Å². The second kappa shape index (κ2) is 7.92. The molecule has 3 nitrogen and oxygen atoms in total. The molecule has 1 rings (SSSR count). The van der Waals surface area contributed by atoms with Gasteiger partial charge in [0, 0.05) is 15.1 Å². The summed E-state index contributed by atoms with van der Waals surface area (Å²) < 4.78 is 5.95. The Hall–Kier alpha value is -0.520. The number of nitrogens with one attached hydrogen (secondary N) is 1. The molecule has 1 unspecified atom stereocenters. The van der Waals surface area contributed by atoms with Gasteiger partial charge in [-0.25, -0.2) is 0 Å². The molecule has 0 heterocycles. The number of carbonyl (C=O) groups is 1. The molecule has 19 heavy (non-hydrogen) atoms. The van der Waals surface area contributed by atoms with Crippen molar-refractivity contribution in [3.63, 3.8) is 0 Å². The summed E-state index contributed by atoms with van der Waals surface area (Å²) in [5, 5.41) is 3.28. The second-order valence-electron chi connectivity index (χ2n) is 4.47. The summed E-state index contributed by atoms with van der Waals surface area (Å²) in [4.78, 5) is 13.1. The van der Waals surface area contributed by atoms with Crippen molar-refractivity contribution in [2.45, 2.75) is 30.7 Å². The molecular formula is C14H20BrNO2S. The summed E-state index contributed by atoms with van der Waals surface area (Å²) in [6.07, 6.45) is 0.978. The van der Waals surface area contributed by atoms with Crippen molar-refractivity contribution >= 4 is 33.7 Å². The summed E-state index contributed by atoms with van der Waals surface area (Å²) in [5.41, 5.74) is -0.662. The van der Waals surface area contributed by atoms with Gasteiger partial charge in [0.2, 0.25) is 0 Å². The summed E-state index contributed by atoms with van der Waals surface area (Å²) >= 11 is 5.15. The van der Waals surface area contributed by atoms with Gasteiger partial charge in [0.1, 0.15) is 5.54 Å². The van der Waals surface area contributed by atoms with Gasteiger partial charge in [-0.15, -0.1) is 11.8 Å². The van der Waals surface area contributed by atoms with Crippen LogP contribution >= 0.6 is 27.7 Å².